The van der Waals surface area contributed by atoms with Crippen LogP contribution in [-0.4, -0.2) is 12.0 Å². The summed E-state index contributed by atoms with van der Waals surface area (Å²) in [5, 5.41) is 3.14. The van der Waals surface area contributed by atoms with Crippen LogP contribution in [0.1, 0.15) is 44.7 Å². The average molecular weight is 258 g/mol. The fourth-order valence-electron chi connectivity index (χ4n) is 1.90. The Morgan fingerprint density at radius 2 is 1.94 bits per heavy atom. The van der Waals surface area contributed by atoms with Crippen molar-refractivity contribution in [3.8, 4) is 0 Å². The Bertz CT molecular complexity index is 316. The second-order valence-electron chi connectivity index (χ2n) is 4.23. The highest BCUT2D eigenvalue weighted by Gasteiger charge is 2.09. The van der Waals surface area contributed by atoms with Crippen molar-refractivity contribution in [1.82, 2.24) is 4.98 Å². The first kappa shape index (κ1) is 16.2. The smallest absolute Gasteiger partial charge is 0.391 e. The molecule has 1 heterocycles. The summed E-state index contributed by atoms with van der Waals surface area (Å²) in [6.45, 7) is 5.45. The van der Waals surface area contributed by atoms with Gasteiger partial charge in [0.25, 0.3) is 0 Å². The number of aryl methyl sites for hydroxylation is 1. The fourth-order valence-corrected chi connectivity index (χ4v) is 1.90. The van der Waals surface area contributed by atoms with Gasteiger partial charge in [-0.05, 0) is 13.3 Å². The van der Waals surface area contributed by atoms with Gasteiger partial charge in [0.2, 0.25) is 0 Å². The molecule has 0 aromatic carbocycles. The van der Waals surface area contributed by atoms with E-state index in [-0.39, 0.29) is 12.4 Å². The number of halogens is 1. The molecule has 0 aliphatic heterocycles. The lowest BCUT2D eigenvalue weighted by Crippen LogP contribution is -3.00. The zero-order valence-electron chi connectivity index (χ0n) is 11.2. The largest absolute Gasteiger partial charge is 1.00 e. The third-order valence-electron chi connectivity index (χ3n) is 2.90. The van der Waals surface area contributed by atoms with Crippen molar-refractivity contribution in [3.63, 3.8) is 0 Å². The van der Waals surface area contributed by atoms with E-state index < -0.39 is 0 Å². The monoisotopic (exact) mass is 257 g/mol. The molecular formula is C13H24ClN3. The van der Waals surface area contributed by atoms with Gasteiger partial charge in [0.05, 0.1) is 19.3 Å². The van der Waals surface area contributed by atoms with E-state index in [0.717, 1.165) is 12.5 Å². The molecule has 0 amide bonds. The number of anilines is 1. The molecule has 0 fully saturated rings. The molecule has 0 aliphatic carbocycles. The molecule has 0 spiro atoms. The molecule has 1 N–H and O–H groups in total. The molecule has 98 valence electrons. The Hall–Kier alpha value is -0.830. The van der Waals surface area contributed by atoms with E-state index in [2.05, 4.69) is 34.8 Å². The number of nitrogens with one attached hydrogen (secondary N) is 1. The molecule has 3 nitrogen and oxygen atoms in total. The first-order chi connectivity index (χ1) is 7.79. The molecule has 0 saturated heterocycles. The zero-order valence-corrected chi connectivity index (χ0v) is 11.9. The van der Waals surface area contributed by atoms with Crippen molar-refractivity contribution in [2.45, 2.75) is 52.5 Å². The summed E-state index contributed by atoms with van der Waals surface area (Å²) in [6, 6.07) is 2.06. The molecule has 17 heavy (non-hydrogen) atoms. The van der Waals surface area contributed by atoms with Crippen LogP contribution in [0.5, 0.6) is 0 Å². The van der Waals surface area contributed by atoms with Gasteiger partial charge in [0, 0.05) is 6.07 Å². The maximum atomic E-state index is 4.32. The van der Waals surface area contributed by atoms with Crippen LogP contribution in [0.3, 0.4) is 0 Å². The Morgan fingerprint density at radius 3 is 2.59 bits per heavy atom. The highest BCUT2D eigenvalue weighted by atomic mass is 35.5. The summed E-state index contributed by atoms with van der Waals surface area (Å²) in [5.41, 5.74) is 1.27. The Labute approximate surface area is 111 Å². The fraction of sp³-hybridized carbons (Fsp3) is 0.692. The van der Waals surface area contributed by atoms with E-state index in [1.54, 1.807) is 0 Å². The molecule has 1 aromatic rings. The zero-order chi connectivity index (χ0) is 11.8. The minimum absolute atomic E-state index is 0. The van der Waals surface area contributed by atoms with Gasteiger partial charge in [-0.25, -0.2) is 4.57 Å². The third-order valence-corrected chi connectivity index (χ3v) is 2.90. The lowest BCUT2D eigenvalue weighted by Gasteiger charge is -2.07. The number of unbranched alkanes of at least 4 members (excludes halogenated alkanes) is 4. The van der Waals surface area contributed by atoms with E-state index in [1.807, 2.05) is 13.2 Å². The highest BCUT2D eigenvalue weighted by molar-refractivity contribution is 5.14. The number of nitrogens with zero attached hydrogens (tertiary/aromatic N) is 2. The molecule has 1 rings (SSSR count). The van der Waals surface area contributed by atoms with Crippen LogP contribution in [0.4, 0.5) is 5.95 Å². The van der Waals surface area contributed by atoms with Gasteiger partial charge in [-0.3, -0.25) is 5.32 Å². The topological polar surface area (TPSA) is 28.8 Å². The van der Waals surface area contributed by atoms with Crippen LogP contribution in [0, 0.1) is 6.92 Å². The quantitative estimate of drug-likeness (QED) is 0.537. The van der Waals surface area contributed by atoms with Gasteiger partial charge in [-0.2, -0.15) is 0 Å². The van der Waals surface area contributed by atoms with Crippen LogP contribution in [-0.2, 0) is 6.54 Å². The Morgan fingerprint density at radius 1 is 1.24 bits per heavy atom. The minimum atomic E-state index is 0. The van der Waals surface area contributed by atoms with Crippen LogP contribution in [0.25, 0.3) is 0 Å². The minimum Gasteiger partial charge on any atom is -1.00 e. The van der Waals surface area contributed by atoms with Crippen molar-refractivity contribution in [2.75, 3.05) is 12.4 Å². The van der Waals surface area contributed by atoms with E-state index in [1.165, 1.54) is 37.8 Å². The van der Waals surface area contributed by atoms with E-state index in [4.69, 9.17) is 0 Å². The van der Waals surface area contributed by atoms with E-state index >= 15 is 0 Å². The van der Waals surface area contributed by atoms with Gasteiger partial charge >= 0.3 is 5.95 Å². The molecule has 4 heteroatoms. The van der Waals surface area contributed by atoms with E-state index in [0.29, 0.717) is 0 Å². The molecule has 0 saturated carbocycles. The summed E-state index contributed by atoms with van der Waals surface area (Å²) in [6.07, 6.45) is 8.43. The predicted molar refractivity (Wildman–Crippen MR) is 67.5 cm³/mol. The van der Waals surface area contributed by atoms with Crippen LogP contribution >= 0.6 is 0 Å². The van der Waals surface area contributed by atoms with Gasteiger partial charge in [-0.1, -0.05) is 37.6 Å². The summed E-state index contributed by atoms with van der Waals surface area (Å²) < 4.78 is 2.26. The molecule has 0 bridgehead atoms. The Kier molecular flexibility index (Phi) is 8.78. The molecule has 0 unspecified atom stereocenters. The van der Waals surface area contributed by atoms with Crippen LogP contribution < -0.4 is 22.3 Å². The third kappa shape index (κ3) is 5.35. The number of aromatic nitrogens is 2. The van der Waals surface area contributed by atoms with Gasteiger partial charge in [0.15, 0.2) is 0 Å². The normalized spacial score (nSPS) is 9.82. The van der Waals surface area contributed by atoms with Crippen LogP contribution in [0.2, 0.25) is 0 Å². The maximum Gasteiger partial charge on any atom is 0.391 e. The lowest BCUT2D eigenvalue weighted by molar-refractivity contribution is -0.691. The second-order valence-corrected chi connectivity index (χ2v) is 4.23. The van der Waals surface area contributed by atoms with Crippen molar-refractivity contribution >= 4 is 5.95 Å². The van der Waals surface area contributed by atoms with Gasteiger partial charge < -0.3 is 12.4 Å². The summed E-state index contributed by atoms with van der Waals surface area (Å²) in [7, 11) is 1.93. The molecular weight excluding hydrogens is 234 g/mol. The first-order valence-corrected chi connectivity index (χ1v) is 6.32. The lowest BCUT2D eigenvalue weighted by atomic mass is 10.1. The van der Waals surface area contributed by atoms with Crippen molar-refractivity contribution in [1.29, 1.82) is 0 Å². The maximum absolute atomic E-state index is 4.32. The number of rotatable bonds is 7. The summed E-state index contributed by atoms with van der Waals surface area (Å²) >= 11 is 0. The van der Waals surface area contributed by atoms with Gasteiger partial charge in [-0.15, -0.1) is 0 Å². The van der Waals surface area contributed by atoms with Crippen molar-refractivity contribution in [3.05, 3.63) is 18.0 Å². The van der Waals surface area contributed by atoms with Crippen molar-refractivity contribution < 1.29 is 17.0 Å². The Balaban J connectivity index is 0.00000256. The average Bonchev–Trinajstić information content (AvgIpc) is 2.30. The predicted octanol–water partition coefficient (Wildman–Crippen LogP) is -0.306. The van der Waals surface area contributed by atoms with E-state index in [9.17, 15) is 0 Å². The van der Waals surface area contributed by atoms with Crippen LogP contribution in [0.15, 0.2) is 12.3 Å². The molecule has 1 aromatic heterocycles. The molecule has 0 radical (unpaired) electrons. The van der Waals surface area contributed by atoms with Gasteiger partial charge in [0.1, 0.15) is 6.20 Å². The summed E-state index contributed by atoms with van der Waals surface area (Å²) in [5.74, 6) is 0.968. The second kappa shape index (κ2) is 9.23. The highest BCUT2D eigenvalue weighted by Crippen LogP contribution is 2.04. The standard InChI is InChI=1S/C13H23N3.ClH/c1-4-5-6-7-8-11-16-12(2)9-10-15-13(16)14-3;/h9-10H,4-8,11H2,1-3H3;1H. The van der Waals surface area contributed by atoms with Crippen molar-refractivity contribution in [2.24, 2.45) is 0 Å². The summed E-state index contributed by atoms with van der Waals surface area (Å²) in [4.78, 5) is 4.32. The SMILES string of the molecule is CCCCCCC[n+]1c(C)ccnc1NC.[Cl-]. The number of hydrogen-bond acceptors (Lipinski definition) is 2. The molecule has 0 atom stereocenters. The molecule has 0 aliphatic rings. The number of hydrogen-bond donors (Lipinski definition) is 1. The first-order valence-electron chi connectivity index (χ1n) is 6.32.